The number of hydrogen-bond acceptors (Lipinski definition) is 6. The molecule has 1 fully saturated rings. The summed E-state index contributed by atoms with van der Waals surface area (Å²) in [5, 5.41) is 11.0. The number of nitrogens with zero attached hydrogens (tertiary/aromatic N) is 2. The second-order valence-corrected chi connectivity index (χ2v) is 8.37. The van der Waals surface area contributed by atoms with Gasteiger partial charge in [0.2, 0.25) is 0 Å². The van der Waals surface area contributed by atoms with Gasteiger partial charge in [-0.2, -0.15) is 4.73 Å². The Hall–Kier alpha value is -2.16. The van der Waals surface area contributed by atoms with Gasteiger partial charge in [0.25, 0.3) is 5.91 Å². The van der Waals surface area contributed by atoms with Gasteiger partial charge in [0.15, 0.2) is 28.8 Å². The Morgan fingerprint density at radius 1 is 1.40 bits per heavy atom. The molecule has 1 saturated heterocycles. The molecular weight excluding hydrogens is 348 g/mol. The van der Waals surface area contributed by atoms with Gasteiger partial charge < -0.3 is 14.8 Å². The zero-order chi connectivity index (χ0) is 18.6. The maximum atomic E-state index is 12.5. The lowest BCUT2D eigenvalue weighted by atomic mass is 10.1. The predicted octanol–water partition coefficient (Wildman–Crippen LogP) is 0.291. The number of amides is 1. The van der Waals surface area contributed by atoms with E-state index < -0.39 is 28.3 Å². The van der Waals surface area contributed by atoms with Crippen molar-refractivity contribution >= 4 is 21.7 Å². The van der Waals surface area contributed by atoms with Crippen LogP contribution in [-0.2, 0) is 19.4 Å². The maximum Gasteiger partial charge on any atom is 0.339 e. The van der Waals surface area contributed by atoms with Crippen molar-refractivity contribution in [1.29, 1.82) is 0 Å². The fourth-order valence-electron chi connectivity index (χ4n) is 2.83. The summed E-state index contributed by atoms with van der Waals surface area (Å²) in [5.41, 5.74) is 0.165. The Kier molecular flexibility index (Phi) is 5.99. The van der Waals surface area contributed by atoms with Gasteiger partial charge in [-0.05, 0) is 19.8 Å². The van der Waals surface area contributed by atoms with Crippen molar-refractivity contribution in [3.05, 3.63) is 35.3 Å². The Bertz CT molecular complexity index is 731. The van der Waals surface area contributed by atoms with Crippen molar-refractivity contribution < 1.29 is 27.5 Å². The number of ether oxygens (including phenoxy) is 1. The van der Waals surface area contributed by atoms with Crippen molar-refractivity contribution in [1.82, 2.24) is 4.90 Å². The molecule has 2 rings (SSSR count). The summed E-state index contributed by atoms with van der Waals surface area (Å²) in [6.45, 7) is 3.28. The van der Waals surface area contributed by atoms with Gasteiger partial charge in [-0.15, -0.1) is 0 Å². The van der Waals surface area contributed by atoms with Crippen molar-refractivity contribution in [2.75, 3.05) is 18.1 Å². The van der Waals surface area contributed by atoms with Crippen LogP contribution in [0.15, 0.2) is 24.5 Å². The molecule has 0 radical (unpaired) electrons. The van der Waals surface area contributed by atoms with E-state index in [9.17, 15) is 23.2 Å². The lowest BCUT2D eigenvalue weighted by Gasteiger charge is -2.33. The zero-order valence-electron chi connectivity index (χ0n) is 14.3. The first-order valence-corrected chi connectivity index (χ1v) is 9.93. The number of esters is 1. The van der Waals surface area contributed by atoms with Crippen LogP contribution >= 0.6 is 0 Å². The van der Waals surface area contributed by atoms with Gasteiger partial charge in [0.05, 0.1) is 17.1 Å². The van der Waals surface area contributed by atoms with Crippen LogP contribution < -0.4 is 4.73 Å². The summed E-state index contributed by atoms with van der Waals surface area (Å²) >= 11 is 0. The third kappa shape index (κ3) is 4.91. The van der Waals surface area contributed by atoms with Gasteiger partial charge in [-0.1, -0.05) is 6.92 Å². The molecule has 0 aliphatic carbocycles. The normalized spacial score (nSPS) is 20.0. The maximum absolute atomic E-state index is 12.5. The van der Waals surface area contributed by atoms with Crippen LogP contribution in [0.25, 0.3) is 0 Å². The minimum atomic E-state index is -3.13. The molecule has 0 aromatic carbocycles. The van der Waals surface area contributed by atoms with E-state index in [0.29, 0.717) is 17.6 Å². The number of carbonyl (C=O) groups is 2. The summed E-state index contributed by atoms with van der Waals surface area (Å²) < 4.78 is 29.0. The van der Waals surface area contributed by atoms with Crippen LogP contribution in [0.1, 0.15) is 37.0 Å². The number of sulfone groups is 1. The highest BCUT2D eigenvalue weighted by Gasteiger charge is 2.36. The molecule has 1 aromatic rings. The van der Waals surface area contributed by atoms with Crippen molar-refractivity contribution in [3.8, 4) is 0 Å². The number of carbonyl (C=O) groups excluding carboxylic acids is 2. The molecule has 0 unspecified atom stereocenters. The molecule has 2 heterocycles. The topological polar surface area (TPSA) is 108 Å². The van der Waals surface area contributed by atoms with Crippen LogP contribution in [0.4, 0.5) is 0 Å². The van der Waals surface area contributed by atoms with Gasteiger partial charge in [0, 0.05) is 24.2 Å². The third-order valence-corrected chi connectivity index (χ3v) is 6.07. The monoisotopic (exact) mass is 370 g/mol. The predicted molar refractivity (Wildman–Crippen MR) is 89.3 cm³/mol. The summed E-state index contributed by atoms with van der Waals surface area (Å²) in [7, 11) is -3.13. The second-order valence-electron chi connectivity index (χ2n) is 6.14. The first-order chi connectivity index (χ1) is 11.7. The van der Waals surface area contributed by atoms with Crippen LogP contribution in [0, 0.1) is 5.21 Å². The summed E-state index contributed by atoms with van der Waals surface area (Å²) in [6, 6.07) is 2.06. The van der Waals surface area contributed by atoms with Gasteiger partial charge in [-0.25, -0.2) is 13.2 Å². The summed E-state index contributed by atoms with van der Waals surface area (Å²) in [5.74, 6) is -1.12. The van der Waals surface area contributed by atoms with E-state index in [1.54, 1.807) is 0 Å². The van der Waals surface area contributed by atoms with Crippen LogP contribution in [-0.4, -0.2) is 55.4 Å². The molecule has 25 heavy (non-hydrogen) atoms. The standard InChI is InChI=1S/C16H22N2O6S/c1-3-12(2)18(14-6-9-25(22,23)11-14)15(19)10-24-16(20)13-4-7-17(21)8-5-13/h4-5,7-8,12,14H,3,6,9-11H2,1-2H3/t12-,14+/m0/s1. The summed E-state index contributed by atoms with van der Waals surface area (Å²) in [6.07, 6.45) is 3.38. The van der Waals surface area contributed by atoms with Crippen molar-refractivity contribution in [2.45, 2.75) is 38.8 Å². The largest absolute Gasteiger partial charge is 0.619 e. The first kappa shape index (κ1) is 19.2. The lowest BCUT2D eigenvalue weighted by Crippen LogP contribution is -2.48. The SMILES string of the molecule is CC[C@H](C)N(C(=O)COC(=O)c1cc[n+]([O-])cc1)[C@@H]1CCS(=O)(=O)C1. The quantitative estimate of drug-likeness (QED) is 0.405. The fraction of sp³-hybridized carbons (Fsp3) is 0.562. The van der Waals surface area contributed by atoms with E-state index in [-0.39, 0.29) is 29.2 Å². The zero-order valence-corrected chi connectivity index (χ0v) is 15.1. The van der Waals surface area contributed by atoms with Crippen molar-refractivity contribution in [2.24, 2.45) is 0 Å². The Labute approximate surface area is 146 Å². The first-order valence-electron chi connectivity index (χ1n) is 8.11. The van der Waals surface area contributed by atoms with E-state index in [1.165, 1.54) is 17.0 Å². The molecule has 0 saturated carbocycles. The molecular formula is C16H22N2O6S. The van der Waals surface area contributed by atoms with Crippen molar-refractivity contribution in [3.63, 3.8) is 0 Å². The molecule has 0 N–H and O–H groups in total. The fourth-order valence-corrected chi connectivity index (χ4v) is 4.55. The molecule has 2 atom stereocenters. The van der Waals surface area contributed by atoms with Gasteiger partial charge >= 0.3 is 5.97 Å². The van der Waals surface area contributed by atoms with Gasteiger partial charge in [-0.3, -0.25) is 4.79 Å². The van der Waals surface area contributed by atoms with E-state index >= 15 is 0 Å². The number of aromatic nitrogens is 1. The molecule has 1 amide bonds. The molecule has 8 nitrogen and oxygen atoms in total. The van der Waals surface area contributed by atoms with E-state index in [1.807, 2.05) is 13.8 Å². The average Bonchev–Trinajstić information content (AvgIpc) is 2.92. The third-order valence-electron chi connectivity index (χ3n) is 4.32. The Morgan fingerprint density at radius 2 is 2.04 bits per heavy atom. The van der Waals surface area contributed by atoms with E-state index in [2.05, 4.69) is 0 Å². The second kappa shape index (κ2) is 7.81. The molecule has 0 spiro atoms. The molecule has 1 aliphatic heterocycles. The van der Waals surface area contributed by atoms with Crippen LogP contribution in [0.5, 0.6) is 0 Å². The average molecular weight is 370 g/mol. The molecule has 1 aromatic heterocycles. The molecule has 0 bridgehead atoms. The molecule has 1 aliphatic rings. The van der Waals surface area contributed by atoms with Crippen LogP contribution in [0.2, 0.25) is 0 Å². The summed E-state index contributed by atoms with van der Waals surface area (Å²) in [4.78, 5) is 26.0. The van der Waals surface area contributed by atoms with E-state index in [0.717, 1.165) is 12.4 Å². The Morgan fingerprint density at radius 3 is 2.56 bits per heavy atom. The minimum Gasteiger partial charge on any atom is -0.619 e. The van der Waals surface area contributed by atoms with E-state index in [4.69, 9.17) is 4.74 Å². The Balaban J connectivity index is 2.02. The smallest absolute Gasteiger partial charge is 0.339 e. The minimum absolute atomic E-state index is 0.0563. The molecule has 138 valence electrons. The molecule has 9 heteroatoms. The highest BCUT2D eigenvalue weighted by Crippen LogP contribution is 2.21. The number of rotatable bonds is 6. The highest BCUT2D eigenvalue weighted by molar-refractivity contribution is 7.91. The lowest BCUT2D eigenvalue weighted by molar-refractivity contribution is -0.605. The number of pyridine rings is 1. The van der Waals surface area contributed by atoms with Crippen LogP contribution in [0.3, 0.4) is 0 Å². The number of hydrogen-bond donors (Lipinski definition) is 0. The highest BCUT2D eigenvalue weighted by atomic mass is 32.2. The van der Waals surface area contributed by atoms with Gasteiger partial charge in [0.1, 0.15) is 0 Å².